The molecule has 16 heavy (non-hydrogen) atoms. The number of hydrogen-bond acceptors (Lipinski definition) is 3. The van der Waals surface area contributed by atoms with Crippen molar-refractivity contribution in [1.29, 1.82) is 5.26 Å². The maximum absolute atomic E-state index is 11.6. The van der Waals surface area contributed by atoms with Gasteiger partial charge in [0.15, 0.2) is 0 Å². The summed E-state index contributed by atoms with van der Waals surface area (Å²) < 4.78 is 0. The van der Waals surface area contributed by atoms with Crippen LogP contribution in [0.4, 0.5) is 5.69 Å². The average Bonchev–Trinajstić information content (AvgIpc) is 2.56. The lowest BCUT2D eigenvalue weighted by Crippen LogP contribution is -2.28. The number of rotatable bonds is 3. The van der Waals surface area contributed by atoms with Gasteiger partial charge in [0.1, 0.15) is 6.04 Å². The molecule has 0 aliphatic carbocycles. The van der Waals surface area contributed by atoms with Crippen LogP contribution in [0.3, 0.4) is 0 Å². The van der Waals surface area contributed by atoms with Crippen molar-refractivity contribution in [1.82, 2.24) is 5.32 Å². The van der Waals surface area contributed by atoms with Crippen molar-refractivity contribution in [3.05, 3.63) is 28.8 Å². The predicted molar refractivity (Wildman–Crippen MR) is 61.1 cm³/mol. The minimum absolute atomic E-state index is 0.102. The van der Waals surface area contributed by atoms with Crippen molar-refractivity contribution >= 4 is 23.2 Å². The highest BCUT2D eigenvalue weighted by molar-refractivity contribution is 6.31. The fourth-order valence-corrected chi connectivity index (χ4v) is 1.89. The van der Waals surface area contributed by atoms with Crippen LogP contribution >= 0.6 is 11.6 Å². The van der Waals surface area contributed by atoms with E-state index < -0.39 is 6.04 Å². The Hall–Kier alpha value is -1.57. The standard InChI is InChI=1S/C11H10ClN3O/c12-7-2-3-9-8(6-7)10(11(16)15-9)14-5-1-4-13/h2-3,6,10,14H,1,5H2,(H,15,16). The summed E-state index contributed by atoms with van der Waals surface area (Å²) in [6.07, 6.45) is 0.375. The maximum atomic E-state index is 11.6. The maximum Gasteiger partial charge on any atom is 0.246 e. The lowest BCUT2D eigenvalue weighted by atomic mass is 10.1. The summed E-state index contributed by atoms with van der Waals surface area (Å²) in [7, 11) is 0. The lowest BCUT2D eigenvalue weighted by molar-refractivity contribution is -0.117. The number of halogens is 1. The number of anilines is 1. The molecule has 0 saturated heterocycles. The zero-order valence-electron chi connectivity index (χ0n) is 8.46. The molecule has 1 amide bonds. The minimum Gasteiger partial charge on any atom is -0.324 e. The van der Waals surface area contributed by atoms with Gasteiger partial charge in [-0.05, 0) is 18.2 Å². The van der Waals surface area contributed by atoms with Crippen LogP contribution in [0.5, 0.6) is 0 Å². The molecule has 1 aromatic carbocycles. The van der Waals surface area contributed by atoms with Crippen LogP contribution in [0.25, 0.3) is 0 Å². The van der Waals surface area contributed by atoms with E-state index in [-0.39, 0.29) is 5.91 Å². The third-order valence-corrected chi connectivity index (χ3v) is 2.67. The van der Waals surface area contributed by atoms with E-state index in [1.807, 2.05) is 6.07 Å². The van der Waals surface area contributed by atoms with E-state index in [9.17, 15) is 4.79 Å². The van der Waals surface area contributed by atoms with Crippen molar-refractivity contribution in [2.45, 2.75) is 12.5 Å². The highest BCUT2D eigenvalue weighted by atomic mass is 35.5. The van der Waals surface area contributed by atoms with Gasteiger partial charge in [0, 0.05) is 29.2 Å². The van der Waals surface area contributed by atoms with Gasteiger partial charge >= 0.3 is 0 Å². The summed E-state index contributed by atoms with van der Waals surface area (Å²) in [4.78, 5) is 11.6. The number of benzene rings is 1. The van der Waals surface area contributed by atoms with Gasteiger partial charge in [-0.15, -0.1) is 0 Å². The molecule has 0 bridgehead atoms. The highest BCUT2D eigenvalue weighted by Gasteiger charge is 2.29. The molecule has 1 atom stereocenters. The zero-order valence-corrected chi connectivity index (χ0v) is 9.21. The summed E-state index contributed by atoms with van der Waals surface area (Å²) in [6, 6.07) is 6.90. The molecule has 1 heterocycles. The van der Waals surface area contributed by atoms with E-state index >= 15 is 0 Å². The summed E-state index contributed by atoms with van der Waals surface area (Å²) in [5.41, 5.74) is 1.62. The quantitative estimate of drug-likeness (QED) is 0.786. The van der Waals surface area contributed by atoms with Crippen LogP contribution in [0.15, 0.2) is 18.2 Å². The Balaban J connectivity index is 2.18. The molecule has 1 aromatic rings. The number of nitriles is 1. The second-order valence-electron chi connectivity index (χ2n) is 3.52. The van der Waals surface area contributed by atoms with Crippen molar-refractivity contribution in [2.75, 3.05) is 11.9 Å². The number of carbonyl (C=O) groups is 1. The van der Waals surface area contributed by atoms with Crippen LogP contribution in [0.1, 0.15) is 18.0 Å². The molecule has 82 valence electrons. The van der Waals surface area contributed by atoms with E-state index in [4.69, 9.17) is 16.9 Å². The molecular weight excluding hydrogens is 226 g/mol. The number of carbonyl (C=O) groups excluding carboxylic acids is 1. The lowest BCUT2D eigenvalue weighted by Gasteiger charge is -2.09. The average molecular weight is 236 g/mol. The normalized spacial score (nSPS) is 17.8. The van der Waals surface area contributed by atoms with Gasteiger partial charge in [0.2, 0.25) is 5.91 Å². The Morgan fingerprint density at radius 1 is 1.56 bits per heavy atom. The molecular formula is C11H10ClN3O. The Bertz CT molecular complexity index is 467. The number of amides is 1. The number of nitrogens with zero attached hydrogens (tertiary/aromatic N) is 1. The monoisotopic (exact) mass is 235 g/mol. The molecule has 0 radical (unpaired) electrons. The molecule has 0 fully saturated rings. The first-order chi connectivity index (χ1) is 7.72. The highest BCUT2D eigenvalue weighted by Crippen LogP contribution is 2.32. The van der Waals surface area contributed by atoms with Crippen LogP contribution in [-0.4, -0.2) is 12.5 Å². The van der Waals surface area contributed by atoms with Gasteiger partial charge in [0.05, 0.1) is 6.07 Å². The fourth-order valence-electron chi connectivity index (χ4n) is 1.71. The summed E-state index contributed by atoms with van der Waals surface area (Å²) in [5, 5.41) is 14.8. The van der Waals surface area contributed by atoms with Gasteiger partial charge in [-0.2, -0.15) is 5.26 Å². The Morgan fingerprint density at radius 2 is 2.38 bits per heavy atom. The number of hydrogen-bond donors (Lipinski definition) is 2. The van der Waals surface area contributed by atoms with Crippen LogP contribution in [0.2, 0.25) is 5.02 Å². The van der Waals surface area contributed by atoms with E-state index in [0.29, 0.717) is 18.0 Å². The number of nitrogens with one attached hydrogen (secondary N) is 2. The first-order valence-corrected chi connectivity index (χ1v) is 5.31. The van der Waals surface area contributed by atoms with Gasteiger partial charge in [-0.3, -0.25) is 4.79 Å². The molecule has 0 aromatic heterocycles. The fraction of sp³-hybridized carbons (Fsp3) is 0.273. The second-order valence-corrected chi connectivity index (χ2v) is 3.95. The molecule has 0 saturated carbocycles. The minimum atomic E-state index is -0.401. The summed E-state index contributed by atoms with van der Waals surface area (Å²) >= 11 is 5.88. The van der Waals surface area contributed by atoms with Crippen molar-refractivity contribution < 1.29 is 4.79 Å². The Kier molecular flexibility index (Phi) is 3.09. The van der Waals surface area contributed by atoms with Crippen molar-refractivity contribution in [2.24, 2.45) is 0 Å². The van der Waals surface area contributed by atoms with Crippen LogP contribution in [-0.2, 0) is 4.79 Å². The SMILES string of the molecule is N#CCCNC1C(=O)Nc2ccc(Cl)cc21. The molecule has 2 rings (SSSR count). The largest absolute Gasteiger partial charge is 0.324 e. The van der Waals surface area contributed by atoms with Gasteiger partial charge in [0.25, 0.3) is 0 Å². The molecule has 4 nitrogen and oxygen atoms in total. The molecule has 5 heteroatoms. The summed E-state index contributed by atoms with van der Waals surface area (Å²) in [5.74, 6) is -0.102. The van der Waals surface area contributed by atoms with Gasteiger partial charge in [-0.1, -0.05) is 11.6 Å². The van der Waals surface area contributed by atoms with Gasteiger partial charge < -0.3 is 10.6 Å². The van der Waals surface area contributed by atoms with E-state index in [2.05, 4.69) is 10.6 Å². The number of fused-ring (bicyclic) bond motifs is 1. The topological polar surface area (TPSA) is 64.9 Å². The Morgan fingerprint density at radius 3 is 3.12 bits per heavy atom. The van der Waals surface area contributed by atoms with E-state index in [1.165, 1.54) is 0 Å². The van der Waals surface area contributed by atoms with Crippen LogP contribution < -0.4 is 10.6 Å². The summed E-state index contributed by atoms with van der Waals surface area (Å²) in [6.45, 7) is 0.487. The zero-order chi connectivity index (χ0) is 11.5. The van der Waals surface area contributed by atoms with Crippen molar-refractivity contribution in [3.8, 4) is 6.07 Å². The van der Waals surface area contributed by atoms with Crippen LogP contribution in [0, 0.1) is 11.3 Å². The third kappa shape index (κ3) is 2.01. The molecule has 1 unspecified atom stereocenters. The second kappa shape index (κ2) is 4.52. The van der Waals surface area contributed by atoms with Gasteiger partial charge in [-0.25, -0.2) is 0 Å². The molecule has 1 aliphatic heterocycles. The smallest absolute Gasteiger partial charge is 0.246 e. The predicted octanol–water partition coefficient (Wildman–Crippen LogP) is 1.84. The molecule has 2 N–H and O–H groups in total. The first kappa shape index (κ1) is 10.9. The Labute approximate surface area is 98.2 Å². The van der Waals surface area contributed by atoms with Crippen molar-refractivity contribution in [3.63, 3.8) is 0 Å². The van der Waals surface area contributed by atoms with E-state index in [0.717, 1.165) is 11.3 Å². The molecule has 1 aliphatic rings. The molecule has 0 spiro atoms. The van der Waals surface area contributed by atoms with E-state index in [1.54, 1.807) is 18.2 Å². The first-order valence-electron chi connectivity index (χ1n) is 4.93. The third-order valence-electron chi connectivity index (χ3n) is 2.43.